The molecule has 2 N–H and O–H groups in total. The number of aliphatic hydroxyl groups is 1. The first-order chi connectivity index (χ1) is 33.7. The van der Waals surface area contributed by atoms with Crippen LogP contribution in [0.4, 0.5) is 0 Å². The Morgan fingerprint density at radius 2 is 0.554 bits per heavy atom. The number of hydrogen-bond acceptors (Lipinski definition) is 22. The van der Waals surface area contributed by atoms with Gasteiger partial charge < -0.3 is 20.1 Å². The maximum Gasteiger partial charge on any atom is 2.00 e. The zero-order valence-corrected chi connectivity index (χ0v) is 48.0. The fourth-order valence-corrected chi connectivity index (χ4v) is 6.84. The van der Waals surface area contributed by atoms with Gasteiger partial charge in [0.2, 0.25) is 0 Å². The number of ether oxygens (including phenoxy) is 2. The van der Waals surface area contributed by atoms with Crippen LogP contribution < -0.4 is 55.9 Å². The Hall–Kier alpha value is -4.08. The Morgan fingerprint density at radius 3 is 0.770 bits per heavy atom. The van der Waals surface area contributed by atoms with Crippen molar-refractivity contribution in [3.63, 3.8) is 0 Å². The van der Waals surface area contributed by atoms with Crippen LogP contribution in [0.15, 0.2) is 146 Å². The van der Waals surface area contributed by atoms with E-state index in [4.69, 9.17) is 90.4 Å². The Kier molecular flexibility index (Phi) is 31.7. The van der Waals surface area contributed by atoms with Gasteiger partial charge in [0, 0.05) is 67.9 Å². The Balaban J connectivity index is 0.00000120. The van der Waals surface area contributed by atoms with Crippen LogP contribution in [0.25, 0.3) is 43.6 Å². The molecule has 0 saturated carbocycles. The number of rotatable bonds is 17. The second-order valence-corrected chi connectivity index (χ2v) is 17.0. The van der Waals surface area contributed by atoms with Gasteiger partial charge in [0.25, 0.3) is 0 Å². The van der Waals surface area contributed by atoms with Crippen molar-refractivity contribution in [2.24, 2.45) is 0 Å². The number of fused-ring (bicyclic) bond motifs is 4. The van der Waals surface area contributed by atoms with Crippen LogP contribution in [0.3, 0.4) is 0 Å². The summed E-state index contributed by atoms with van der Waals surface area (Å²) in [5, 5.41) is 11.6. The number of benzene rings is 4. The van der Waals surface area contributed by atoms with E-state index in [0.717, 1.165) is 86.6 Å². The Morgan fingerprint density at radius 1 is 0.351 bits per heavy atom. The minimum absolute atomic E-state index is 0. The van der Waals surface area contributed by atoms with Crippen LogP contribution in [0.2, 0.25) is 0 Å². The summed E-state index contributed by atoms with van der Waals surface area (Å²) < 4.78 is 114. The maximum atomic E-state index is 8.49. The number of halogens is 3. The fraction of sp³-hybridized carbons (Fsp3) is 0.234. The van der Waals surface area contributed by atoms with E-state index in [9.17, 15) is 0 Å². The van der Waals surface area contributed by atoms with Gasteiger partial charge in [0.1, 0.15) is 0 Å². The molecule has 74 heavy (non-hydrogen) atoms. The molecule has 0 bridgehead atoms. The van der Waals surface area contributed by atoms with Crippen molar-refractivity contribution >= 4 is 43.6 Å². The van der Waals surface area contributed by atoms with E-state index < -0.39 is 30.7 Å². The molecule has 0 unspecified atom stereocenters. The van der Waals surface area contributed by atoms with Crippen molar-refractivity contribution in [2.45, 2.75) is 26.2 Å². The second kappa shape index (κ2) is 34.6. The Bertz CT molecular complexity index is 2460. The molecule has 0 atom stereocenters. The van der Waals surface area contributed by atoms with Gasteiger partial charge in [-0.15, -0.1) is 30.7 Å². The quantitative estimate of drug-likeness (QED) is 0.0654. The van der Waals surface area contributed by atoms with E-state index in [1.54, 1.807) is 0 Å². The summed E-state index contributed by atoms with van der Waals surface area (Å²) in [5.41, 5.74) is 8.14. The number of pyridine rings is 4. The summed E-state index contributed by atoms with van der Waals surface area (Å²) in [6.07, 6.45) is 0. The molecule has 0 spiro atoms. The minimum atomic E-state index is -4.94. The molecular formula is C47H49Cl3N6O16Zn2. The van der Waals surface area contributed by atoms with Crippen molar-refractivity contribution in [2.75, 3.05) is 46.6 Å². The van der Waals surface area contributed by atoms with E-state index in [0.29, 0.717) is 52.6 Å². The monoisotopic (exact) mass is 1190 g/mol. The van der Waals surface area contributed by atoms with Crippen LogP contribution >= 0.6 is 0 Å². The summed E-state index contributed by atoms with van der Waals surface area (Å²) in [6.45, 7) is 6.50. The SMILES string of the molecule is CO.[O-][Cl+3]([O-])([O-])[O-].[O-][Cl+3]([O-])([O-])[O-].[O-][Cl+3]([O-])([O-])[O-].[OH-].[Zn+2].[Zn+2].c1ccc2nc(CN(CCOCCOCCN(Cc3ccc4ccccc4n3)Cc3ccc4ccccc4n3)Cc3ccc4ccccc4n3)ccc2c1. The Labute approximate surface area is 457 Å². The van der Waals surface area contributed by atoms with Gasteiger partial charge in [-0.25, -0.2) is 55.9 Å². The predicted octanol–water partition coefficient (Wildman–Crippen LogP) is -6.22. The van der Waals surface area contributed by atoms with E-state index in [1.807, 2.05) is 48.5 Å². The van der Waals surface area contributed by atoms with E-state index >= 15 is 0 Å². The van der Waals surface area contributed by atoms with Crippen molar-refractivity contribution in [3.05, 3.63) is 168 Å². The van der Waals surface area contributed by atoms with Crippen molar-refractivity contribution in [1.82, 2.24) is 29.7 Å². The molecule has 27 heteroatoms. The van der Waals surface area contributed by atoms with Gasteiger partial charge in [0.05, 0.1) is 71.3 Å². The number of para-hydroxylation sites is 4. The fourth-order valence-electron chi connectivity index (χ4n) is 6.84. The third-order valence-electron chi connectivity index (χ3n) is 9.64. The molecule has 0 aliphatic rings. The molecular weight excluding hydrogens is 1140 g/mol. The molecule has 0 amide bonds. The molecule has 8 rings (SSSR count). The van der Waals surface area contributed by atoms with Crippen molar-refractivity contribution in [1.29, 1.82) is 0 Å². The molecule has 0 fully saturated rings. The molecule has 0 aliphatic carbocycles. The molecule has 388 valence electrons. The van der Waals surface area contributed by atoms with E-state index in [-0.39, 0.29) is 44.4 Å². The first kappa shape index (κ1) is 67.9. The van der Waals surface area contributed by atoms with Crippen molar-refractivity contribution < 1.29 is 146 Å². The predicted molar refractivity (Wildman–Crippen MR) is 227 cm³/mol. The van der Waals surface area contributed by atoms with Gasteiger partial charge >= 0.3 is 39.0 Å². The van der Waals surface area contributed by atoms with Crippen LogP contribution in [0.5, 0.6) is 0 Å². The van der Waals surface area contributed by atoms with Crippen LogP contribution in [-0.2, 0) is 74.6 Å². The van der Waals surface area contributed by atoms with E-state index in [2.05, 4.69) is 107 Å². The second-order valence-electron chi connectivity index (χ2n) is 14.8. The summed E-state index contributed by atoms with van der Waals surface area (Å²) in [4.78, 5) is 24.5. The van der Waals surface area contributed by atoms with Gasteiger partial charge in [-0.1, -0.05) is 97.1 Å². The molecule has 22 nitrogen and oxygen atoms in total. The number of hydrogen-bond donors (Lipinski definition) is 1. The summed E-state index contributed by atoms with van der Waals surface area (Å²) >= 11 is 0. The van der Waals surface area contributed by atoms with Gasteiger partial charge in [-0.3, -0.25) is 29.7 Å². The average Bonchev–Trinajstić information content (AvgIpc) is 3.31. The number of aromatic nitrogens is 4. The summed E-state index contributed by atoms with van der Waals surface area (Å²) in [7, 11) is -13.8. The van der Waals surface area contributed by atoms with Gasteiger partial charge in [-0.2, -0.15) is 0 Å². The number of nitrogens with zero attached hydrogens (tertiary/aromatic N) is 6. The standard InChI is InChI=1S/C46H44N6O2.CH4O.3ClHO4.H2O.2Zn/c1-5-13-43-35(9-1)17-21-39(47-43)31-51(32-40-22-18-36-10-2-6-14-44(36)48-40)25-27-53-29-30-54-28-26-52(33-41-23-19-37-11-3-7-15-45(37)49-41)34-42-24-20-38-12-4-8-16-46(38)50-42;1-2;3*2-1(3,4)5;;;/h1-24H,25-34H2;2H,1H3;3*(H,2,3,4,5);1H2;;/q;;;;;;2*+2/p-4. The third kappa shape index (κ3) is 28.7. The number of aliphatic hydroxyl groups excluding tert-OH is 1. The largest absolute Gasteiger partial charge is 2.00 e. The summed E-state index contributed by atoms with van der Waals surface area (Å²) in [5.74, 6) is 0. The van der Waals surface area contributed by atoms with Crippen LogP contribution in [0.1, 0.15) is 22.8 Å². The molecule has 0 saturated heterocycles. The topological polar surface area (TPSA) is 403 Å². The molecule has 4 heterocycles. The van der Waals surface area contributed by atoms with E-state index in [1.165, 1.54) is 0 Å². The third-order valence-corrected chi connectivity index (χ3v) is 9.64. The molecule has 4 aromatic heterocycles. The maximum absolute atomic E-state index is 8.49. The van der Waals surface area contributed by atoms with Crippen molar-refractivity contribution in [3.8, 4) is 0 Å². The van der Waals surface area contributed by atoms with Gasteiger partial charge in [0.15, 0.2) is 0 Å². The molecule has 4 aromatic carbocycles. The van der Waals surface area contributed by atoms with Crippen LogP contribution in [-0.4, -0.2) is 86.9 Å². The smallest absolute Gasteiger partial charge is 0.870 e. The molecule has 8 aromatic rings. The first-order valence-corrected chi connectivity index (χ1v) is 24.7. The summed E-state index contributed by atoms with van der Waals surface area (Å²) in [6, 6.07) is 50.1. The van der Waals surface area contributed by atoms with Gasteiger partial charge in [-0.05, 0) is 48.5 Å². The zero-order valence-electron chi connectivity index (χ0n) is 39.8. The molecule has 0 radical (unpaired) electrons. The minimum Gasteiger partial charge on any atom is -0.870 e. The molecule has 0 aliphatic heterocycles. The zero-order chi connectivity index (χ0) is 51.9. The van der Waals surface area contributed by atoms with Crippen LogP contribution in [0, 0.1) is 30.7 Å². The normalized spacial score (nSPS) is 11.1. The first-order valence-electron chi connectivity index (χ1n) is 21.0. The average molecular weight is 1190 g/mol.